The lowest BCUT2D eigenvalue weighted by Gasteiger charge is -2.31. The Bertz CT molecular complexity index is 756. The molecule has 1 aliphatic rings. The Balaban J connectivity index is 1.38. The van der Waals surface area contributed by atoms with Crippen LogP contribution < -0.4 is 4.74 Å². The summed E-state index contributed by atoms with van der Waals surface area (Å²) in [7, 11) is 0. The lowest BCUT2D eigenvalue weighted by molar-refractivity contribution is -0.150. The molecule has 0 unspecified atom stereocenters. The molecule has 0 N–H and O–H groups in total. The van der Waals surface area contributed by atoms with Crippen molar-refractivity contribution in [2.45, 2.75) is 12.8 Å². The summed E-state index contributed by atoms with van der Waals surface area (Å²) in [4.78, 5) is 26.3. The zero-order chi connectivity index (χ0) is 19.1. The number of para-hydroxylation sites is 1. The lowest BCUT2D eigenvalue weighted by atomic mass is 9.96. The fourth-order valence-electron chi connectivity index (χ4n) is 3.03. The molecular weight excluding hydrogens is 349 g/mol. The molecular formula is C21H22FNO4. The van der Waals surface area contributed by atoms with Gasteiger partial charge in [-0.2, -0.15) is 0 Å². The molecule has 0 spiro atoms. The summed E-state index contributed by atoms with van der Waals surface area (Å²) in [5, 5.41) is 0. The molecule has 1 saturated heterocycles. The van der Waals surface area contributed by atoms with Gasteiger partial charge in [-0.15, -0.1) is 0 Å². The molecule has 1 fully saturated rings. The summed E-state index contributed by atoms with van der Waals surface area (Å²) in [5.41, 5.74) is 0.454. The quantitative estimate of drug-likeness (QED) is 0.578. The number of likely N-dealkylation sites (tertiary alicyclic amines) is 1. The van der Waals surface area contributed by atoms with E-state index in [4.69, 9.17) is 9.47 Å². The van der Waals surface area contributed by atoms with Crippen molar-refractivity contribution in [2.24, 2.45) is 5.92 Å². The first-order valence-electron chi connectivity index (χ1n) is 9.03. The molecule has 1 aliphatic heterocycles. The number of piperidine rings is 1. The maximum Gasteiger partial charge on any atom is 0.309 e. The molecule has 0 bridgehead atoms. The Morgan fingerprint density at radius 2 is 1.63 bits per heavy atom. The number of esters is 1. The smallest absolute Gasteiger partial charge is 0.309 e. The number of rotatable bonds is 6. The van der Waals surface area contributed by atoms with E-state index in [-0.39, 0.29) is 30.2 Å². The summed E-state index contributed by atoms with van der Waals surface area (Å²) < 4.78 is 23.8. The molecule has 6 heteroatoms. The Morgan fingerprint density at radius 1 is 0.963 bits per heavy atom. The van der Waals surface area contributed by atoms with Crippen LogP contribution in [0.5, 0.6) is 5.75 Å². The van der Waals surface area contributed by atoms with E-state index >= 15 is 0 Å². The highest BCUT2D eigenvalue weighted by molar-refractivity contribution is 5.94. The van der Waals surface area contributed by atoms with Crippen molar-refractivity contribution in [1.29, 1.82) is 0 Å². The first-order chi connectivity index (χ1) is 13.1. The van der Waals surface area contributed by atoms with E-state index in [0.29, 0.717) is 38.1 Å². The first-order valence-corrected chi connectivity index (χ1v) is 9.03. The summed E-state index contributed by atoms with van der Waals surface area (Å²) in [6.45, 7) is 1.47. The maximum absolute atomic E-state index is 13.0. The third-order valence-electron chi connectivity index (χ3n) is 4.55. The SMILES string of the molecule is O=C(OCCOc1ccccc1)C1CCN(C(=O)c2ccc(F)cc2)CC1. The van der Waals surface area contributed by atoms with Gasteiger partial charge in [0.1, 0.15) is 24.8 Å². The van der Waals surface area contributed by atoms with Crippen LogP contribution in [0.15, 0.2) is 54.6 Å². The molecule has 3 rings (SSSR count). The topological polar surface area (TPSA) is 55.8 Å². The zero-order valence-electron chi connectivity index (χ0n) is 15.0. The highest BCUT2D eigenvalue weighted by Gasteiger charge is 2.28. The molecule has 1 heterocycles. The minimum atomic E-state index is -0.371. The Kier molecular flexibility index (Phi) is 6.41. The van der Waals surface area contributed by atoms with Crippen LogP contribution in [0, 0.1) is 11.7 Å². The monoisotopic (exact) mass is 371 g/mol. The van der Waals surface area contributed by atoms with Gasteiger partial charge in [-0.05, 0) is 49.2 Å². The van der Waals surface area contributed by atoms with Gasteiger partial charge in [0, 0.05) is 18.7 Å². The summed E-state index contributed by atoms with van der Waals surface area (Å²) in [6, 6.07) is 14.8. The van der Waals surface area contributed by atoms with E-state index in [2.05, 4.69) is 0 Å². The molecule has 0 saturated carbocycles. The van der Waals surface area contributed by atoms with Crippen molar-refractivity contribution in [3.05, 3.63) is 66.0 Å². The Labute approximate surface area is 157 Å². The summed E-state index contributed by atoms with van der Waals surface area (Å²) >= 11 is 0. The lowest BCUT2D eigenvalue weighted by Crippen LogP contribution is -2.40. The van der Waals surface area contributed by atoms with Crippen LogP contribution in [0.25, 0.3) is 0 Å². The predicted molar refractivity (Wildman–Crippen MR) is 97.9 cm³/mol. The first kappa shape index (κ1) is 18.9. The number of amides is 1. The Morgan fingerprint density at radius 3 is 2.30 bits per heavy atom. The van der Waals surface area contributed by atoms with Crippen LogP contribution in [0.4, 0.5) is 4.39 Å². The third kappa shape index (κ3) is 5.29. The fraction of sp³-hybridized carbons (Fsp3) is 0.333. The highest BCUT2D eigenvalue weighted by Crippen LogP contribution is 2.20. The molecule has 2 aromatic rings. The van der Waals surface area contributed by atoms with Gasteiger partial charge < -0.3 is 14.4 Å². The molecule has 0 radical (unpaired) electrons. The van der Waals surface area contributed by atoms with E-state index in [9.17, 15) is 14.0 Å². The molecule has 1 amide bonds. The fourth-order valence-corrected chi connectivity index (χ4v) is 3.03. The van der Waals surface area contributed by atoms with E-state index in [1.54, 1.807) is 4.90 Å². The number of ether oxygens (including phenoxy) is 2. The van der Waals surface area contributed by atoms with Gasteiger partial charge in [-0.25, -0.2) is 4.39 Å². The minimum absolute atomic E-state index is 0.141. The van der Waals surface area contributed by atoms with Crippen LogP contribution in [-0.4, -0.2) is 43.1 Å². The second-order valence-electron chi connectivity index (χ2n) is 6.40. The largest absolute Gasteiger partial charge is 0.490 e. The van der Waals surface area contributed by atoms with Crippen LogP contribution in [0.1, 0.15) is 23.2 Å². The molecule has 0 atom stereocenters. The molecule has 5 nitrogen and oxygen atoms in total. The normalized spacial score (nSPS) is 14.6. The number of carbonyl (C=O) groups excluding carboxylic acids is 2. The van der Waals surface area contributed by atoms with E-state index in [1.165, 1.54) is 24.3 Å². The van der Waals surface area contributed by atoms with Gasteiger partial charge >= 0.3 is 5.97 Å². The maximum atomic E-state index is 13.0. The molecule has 2 aromatic carbocycles. The van der Waals surface area contributed by atoms with Crippen LogP contribution >= 0.6 is 0 Å². The van der Waals surface area contributed by atoms with Crippen LogP contribution in [0.2, 0.25) is 0 Å². The summed E-state index contributed by atoms with van der Waals surface area (Å²) in [6.07, 6.45) is 1.12. The van der Waals surface area contributed by atoms with Crippen molar-refractivity contribution in [3.8, 4) is 5.75 Å². The summed E-state index contributed by atoms with van der Waals surface area (Å²) in [5.74, 6) is -0.233. The minimum Gasteiger partial charge on any atom is -0.490 e. The van der Waals surface area contributed by atoms with Crippen molar-refractivity contribution in [1.82, 2.24) is 4.90 Å². The van der Waals surface area contributed by atoms with Crippen molar-refractivity contribution >= 4 is 11.9 Å². The number of benzene rings is 2. The second-order valence-corrected chi connectivity index (χ2v) is 6.40. The highest BCUT2D eigenvalue weighted by atomic mass is 19.1. The molecule has 27 heavy (non-hydrogen) atoms. The van der Waals surface area contributed by atoms with Crippen molar-refractivity contribution in [3.63, 3.8) is 0 Å². The molecule has 0 aliphatic carbocycles. The molecule has 142 valence electrons. The van der Waals surface area contributed by atoms with Gasteiger partial charge in [0.2, 0.25) is 0 Å². The second kappa shape index (κ2) is 9.16. The van der Waals surface area contributed by atoms with Crippen LogP contribution in [0.3, 0.4) is 0 Å². The van der Waals surface area contributed by atoms with Gasteiger partial charge in [-0.3, -0.25) is 9.59 Å². The number of nitrogens with zero attached hydrogens (tertiary/aromatic N) is 1. The predicted octanol–water partition coefficient (Wildman–Crippen LogP) is 3.30. The average Bonchev–Trinajstić information content (AvgIpc) is 2.72. The van der Waals surface area contributed by atoms with Gasteiger partial charge in [-0.1, -0.05) is 18.2 Å². The van der Waals surface area contributed by atoms with Crippen LogP contribution in [-0.2, 0) is 9.53 Å². The van der Waals surface area contributed by atoms with Gasteiger partial charge in [0.15, 0.2) is 0 Å². The third-order valence-corrected chi connectivity index (χ3v) is 4.55. The van der Waals surface area contributed by atoms with Crippen molar-refractivity contribution < 1.29 is 23.5 Å². The average molecular weight is 371 g/mol. The van der Waals surface area contributed by atoms with E-state index < -0.39 is 0 Å². The van der Waals surface area contributed by atoms with E-state index in [1.807, 2.05) is 30.3 Å². The number of hydrogen-bond donors (Lipinski definition) is 0. The number of carbonyl (C=O) groups is 2. The van der Waals surface area contributed by atoms with E-state index in [0.717, 1.165) is 5.75 Å². The van der Waals surface area contributed by atoms with Gasteiger partial charge in [0.25, 0.3) is 5.91 Å². The van der Waals surface area contributed by atoms with Crippen molar-refractivity contribution in [2.75, 3.05) is 26.3 Å². The molecule has 0 aromatic heterocycles. The number of hydrogen-bond acceptors (Lipinski definition) is 4. The number of halogens is 1. The zero-order valence-corrected chi connectivity index (χ0v) is 15.0. The Hall–Kier alpha value is -2.89. The van der Waals surface area contributed by atoms with Gasteiger partial charge in [0.05, 0.1) is 5.92 Å². The standard InChI is InChI=1S/C21H22FNO4/c22-18-8-6-16(7-9-18)20(24)23-12-10-17(11-13-23)21(25)27-15-14-26-19-4-2-1-3-5-19/h1-9,17H,10-15H2.